The van der Waals surface area contributed by atoms with E-state index in [1.54, 1.807) is 0 Å². The summed E-state index contributed by atoms with van der Waals surface area (Å²) < 4.78 is 0. The van der Waals surface area contributed by atoms with Crippen molar-refractivity contribution < 1.29 is 58.9 Å². The molecule has 0 saturated carbocycles. The van der Waals surface area contributed by atoms with Gasteiger partial charge in [-0.2, -0.15) is 11.6 Å². The predicted molar refractivity (Wildman–Crippen MR) is 144 cm³/mol. The quantitative estimate of drug-likeness (QED) is 0.130. The summed E-state index contributed by atoms with van der Waals surface area (Å²) >= 11 is 0. The molecule has 37 heavy (non-hydrogen) atoms. The van der Waals surface area contributed by atoms with Crippen molar-refractivity contribution in [2.75, 3.05) is 0 Å². The summed E-state index contributed by atoms with van der Waals surface area (Å²) in [5.74, 6) is 0. The Bertz CT molecular complexity index is 1270. The average Bonchev–Trinajstić information content (AvgIpc) is 3.31. The van der Waals surface area contributed by atoms with Crippen LogP contribution in [-0.4, -0.2) is 8.07 Å². The van der Waals surface area contributed by atoms with E-state index in [9.17, 15) is 0 Å². The van der Waals surface area contributed by atoms with Gasteiger partial charge in [0.25, 0.3) is 0 Å². The summed E-state index contributed by atoms with van der Waals surface area (Å²) in [5.41, 5.74) is 6.52. The molecule has 4 aromatic rings. The van der Waals surface area contributed by atoms with Crippen molar-refractivity contribution in [3.63, 3.8) is 0 Å². The Kier molecular flexibility index (Phi) is 12.9. The molecule has 0 heterocycles. The Morgan fingerprint density at radius 3 is 1.41 bits per heavy atom. The van der Waals surface area contributed by atoms with Crippen LogP contribution in [0.3, 0.4) is 0 Å². The van der Waals surface area contributed by atoms with E-state index in [0.717, 1.165) is 6.42 Å². The Labute approximate surface area is 256 Å². The molecule has 0 saturated heterocycles. The monoisotopic (exact) mass is 594 g/mol. The first kappa shape index (κ1) is 33.2. The second kappa shape index (κ2) is 14.4. The molecule has 0 N–H and O–H groups in total. The molecule has 0 unspecified atom stereocenters. The topological polar surface area (TPSA) is 0 Å². The van der Waals surface area contributed by atoms with Crippen molar-refractivity contribution >= 4 is 29.2 Å². The van der Waals surface area contributed by atoms with E-state index in [0.29, 0.717) is 0 Å². The first-order chi connectivity index (χ1) is 16.1. The van der Waals surface area contributed by atoms with E-state index in [-0.39, 0.29) is 58.9 Å². The molecular formula is C32H29Cl3SiTi. The van der Waals surface area contributed by atoms with Crippen molar-refractivity contribution in [1.29, 1.82) is 0 Å². The summed E-state index contributed by atoms with van der Waals surface area (Å²) in [6, 6.07) is 38.4. The Morgan fingerprint density at radius 1 is 0.568 bits per heavy atom. The minimum Gasteiger partial charge on any atom is -1.00 e. The van der Waals surface area contributed by atoms with E-state index >= 15 is 0 Å². The van der Waals surface area contributed by atoms with Crippen LogP contribution >= 0.6 is 0 Å². The molecule has 4 aromatic carbocycles. The number of benzene rings is 4. The van der Waals surface area contributed by atoms with Crippen LogP contribution < -0.4 is 52.8 Å². The second-order valence-electron chi connectivity index (χ2n) is 9.10. The summed E-state index contributed by atoms with van der Waals surface area (Å²) in [6.07, 6.45) is 7.11. The summed E-state index contributed by atoms with van der Waals surface area (Å²) in [4.78, 5) is 0. The number of aryl methyl sites for hydroxylation is 3. The second-order valence-corrected chi connectivity index (χ2v) is 12.8. The van der Waals surface area contributed by atoms with Gasteiger partial charge in [0.05, 0.1) is 0 Å². The molecule has 0 fully saturated rings. The van der Waals surface area contributed by atoms with Crippen molar-refractivity contribution in [2.45, 2.75) is 27.2 Å². The molecule has 0 radical (unpaired) electrons. The van der Waals surface area contributed by atoms with Crippen LogP contribution in [0.4, 0.5) is 0 Å². The van der Waals surface area contributed by atoms with Crippen LogP contribution in [0.1, 0.15) is 28.7 Å². The molecule has 5 heteroatoms. The van der Waals surface area contributed by atoms with Crippen molar-refractivity contribution in [3.8, 4) is 0 Å². The van der Waals surface area contributed by atoms with Crippen molar-refractivity contribution in [2.24, 2.45) is 0 Å². The molecule has 186 valence electrons. The third-order valence-electron chi connectivity index (χ3n) is 6.67. The van der Waals surface area contributed by atoms with Gasteiger partial charge in [-0.05, 0) is 36.3 Å². The number of allylic oxidation sites excluding steroid dienone is 4. The molecule has 0 nitrogen and oxygen atoms in total. The fourth-order valence-electron chi connectivity index (χ4n) is 5.23. The summed E-state index contributed by atoms with van der Waals surface area (Å²) in [6.45, 7) is 6.61. The molecule has 5 rings (SSSR count). The fourth-order valence-corrected chi connectivity index (χ4v) is 10.5. The van der Waals surface area contributed by atoms with Gasteiger partial charge in [0.2, 0.25) is 0 Å². The minimum atomic E-state index is -2.59. The number of hydrogen-bond donors (Lipinski definition) is 0. The molecule has 1 aliphatic rings. The molecule has 0 amide bonds. The molecule has 1 aliphatic carbocycles. The van der Waals surface area contributed by atoms with Crippen LogP contribution in [0.25, 0.3) is 5.57 Å². The van der Waals surface area contributed by atoms with Gasteiger partial charge in [0.1, 0.15) is 8.07 Å². The van der Waals surface area contributed by atoms with E-state index < -0.39 is 8.07 Å². The van der Waals surface area contributed by atoms with E-state index in [2.05, 4.69) is 136 Å². The van der Waals surface area contributed by atoms with Gasteiger partial charge in [0.15, 0.2) is 0 Å². The van der Waals surface area contributed by atoms with Crippen LogP contribution in [-0.2, 0) is 21.7 Å². The third-order valence-corrected chi connectivity index (χ3v) is 11.4. The van der Waals surface area contributed by atoms with Gasteiger partial charge >= 0.3 is 21.7 Å². The van der Waals surface area contributed by atoms with Crippen LogP contribution in [0, 0.1) is 26.8 Å². The molecule has 0 atom stereocenters. The zero-order valence-corrected chi connectivity index (χ0v) is 26.1. The van der Waals surface area contributed by atoms with Gasteiger partial charge in [-0.3, -0.25) is 6.08 Å². The van der Waals surface area contributed by atoms with Gasteiger partial charge in [-0.25, -0.2) is 5.20 Å². The van der Waals surface area contributed by atoms with Gasteiger partial charge < -0.3 is 37.2 Å². The first-order valence-electron chi connectivity index (χ1n) is 11.7. The maximum Gasteiger partial charge on any atom is 4.00 e. The Hall–Kier alpha value is -1.84. The Morgan fingerprint density at radius 2 is 1.00 bits per heavy atom. The Balaban J connectivity index is 0.00000171. The van der Waals surface area contributed by atoms with Crippen LogP contribution in [0.2, 0.25) is 0 Å². The number of rotatable bonds is 5. The number of halogens is 3. The fraction of sp³-hybridized carbons (Fsp3) is 0.125. The van der Waals surface area contributed by atoms with E-state index in [1.165, 1.54) is 48.6 Å². The molecular weight excluding hydrogens is 567 g/mol. The number of hydrogen-bond acceptors (Lipinski definition) is 0. The molecule has 0 aliphatic heterocycles. The van der Waals surface area contributed by atoms with Crippen LogP contribution in [0.15, 0.2) is 114 Å². The van der Waals surface area contributed by atoms with Gasteiger partial charge in [-0.1, -0.05) is 120 Å². The van der Waals surface area contributed by atoms with Crippen molar-refractivity contribution in [1.82, 2.24) is 0 Å². The summed E-state index contributed by atoms with van der Waals surface area (Å²) in [7, 11) is -2.59. The van der Waals surface area contributed by atoms with E-state index in [4.69, 9.17) is 0 Å². The SMILES string of the molecule is Cc1cccc([Si](C2=[C-]CC=C2c2ccccc2)(c2cccc(C)c2)c2cccc(C)c2)c1.[Cl-].[Cl-].[Cl-].[Ti+4]. The molecule has 0 aromatic heterocycles. The van der Waals surface area contributed by atoms with Crippen LogP contribution in [0.5, 0.6) is 0 Å². The minimum absolute atomic E-state index is 0. The maximum absolute atomic E-state index is 3.89. The van der Waals surface area contributed by atoms with Gasteiger partial charge in [-0.15, -0.1) is 12.0 Å². The smallest absolute Gasteiger partial charge is 1.00 e. The predicted octanol–water partition coefficient (Wildman–Crippen LogP) is -3.15. The largest absolute Gasteiger partial charge is 4.00 e. The summed E-state index contributed by atoms with van der Waals surface area (Å²) in [5, 5.41) is 5.65. The standard InChI is InChI=1S/C32H29Si.3ClH.Ti/c1-24-11-7-16-28(21-24)33(29-17-8-12-25(2)22-29,30-18-9-13-26(3)23-30)32-20-10-19-31(32)27-14-5-4-6-15-27;;;;/h4-9,11-19,21-23H,10H2,1-3H3;3*1H;/q-1;;;;+4/p-3. The zero-order valence-electron chi connectivity index (χ0n) is 21.2. The zero-order chi connectivity index (χ0) is 22.8. The molecule has 0 bridgehead atoms. The normalized spacial score (nSPS) is 12.1. The molecule has 0 spiro atoms. The van der Waals surface area contributed by atoms with E-state index in [1.807, 2.05) is 0 Å². The van der Waals surface area contributed by atoms with Crippen molar-refractivity contribution in [3.05, 3.63) is 143 Å². The average molecular weight is 596 g/mol. The maximum atomic E-state index is 3.89. The first-order valence-corrected chi connectivity index (χ1v) is 13.7. The van der Waals surface area contributed by atoms with Gasteiger partial charge in [0, 0.05) is 0 Å². The third kappa shape index (κ3) is 6.42.